The van der Waals surface area contributed by atoms with Gasteiger partial charge in [-0.15, -0.1) is 11.3 Å². The molecule has 1 heterocycles. The molecule has 22 heavy (non-hydrogen) atoms. The number of carboxylic acid groups (broad SMARTS) is 1. The number of aromatic carboxylic acids is 1. The van der Waals surface area contributed by atoms with Crippen LogP contribution >= 0.6 is 11.3 Å². The Bertz CT molecular complexity index is 810. The Hall–Kier alpha value is -1.86. The number of aryl methyl sites for hydroxylation is 1. The summed E-state index contributed by atoms with van der Waals surface area (Å²) in [5.41, 5.74) is 0.897. The van der Waals surface area contributed by atoms with Gasteiger partial charge in [-0.05, 0) is 43.4 Å². The minimum absolute atomic E-state index is 0.110. The first-order chi connectivity index (χ1) is 10.5. The lowest BCUT2D eigenvalue weighted by molar-refractivity contribution is 0.0697. The molecule has 7 heteroatoms. The standard InChI is InChI=1S/C15H15NO4S2/c17-15(18)13-11-8-4-5-9-12(11)21-14(13)16-22(19,20)10-6-2-1-3-7-10/h1-3,6-7,16H,4-5,8-9H2,(H,17,18). The maximum absolute atomic E-state index is 12.4. The molecule has 0 amide bonds. The molecule has 1 aromatic carbocycles. The van der Waals surface area contributed by atoms with E-state index in [0.717, 1.165) is 29.7 Å². The Morgan fingerprint density at radius 2 is 1.82 bits per heavy atom. The van der Waals surface area contributed by atoms with Crippen LogP contribution in [0.1, 0.15) is 33.6 Å². The molecule has 2 aromatic rings. The number of hydrogen-bond acceptors (Lipinski definition) is 4. The van der Waals surface area contributed by atoms with Crippen molar-refractivity contribution < 1.29 is 18.3 Å². The molecule has 1 aromatic heterocycles. The Balaban J connectivity index is 2.02. The number of sulfonamides is 1. The molecule has 0 bridgehead atoms. The molecule has 0 aliphatic heterocycles. The fourth-order valence-corrected chi connectivity index (χ4v) is 5.25. The Labute approximate surface area is 132 Å². The summed E-state index contributed by atoms with van der Waals surface area (Å²) in [4.78, 5) is 12.7. The van der Waals surface area contributed by atoms with Crippen molar-refractivity contribution in [1.82, 2.24) is 0 Å². The van der Waals surface area contributed by atoms with Gasteiger partial charge in [0.15, 0.2) is 0 Å². The summed E-state index contributed by atoms with van der Waals surface area (Å²) in [5.74, 6) is -1.08. The van der Waals surface area contributed by atoms with Crippen LogP contribution in [0.2, 0.25) is 0 Å². The summed E-state index contributed by atoms with van der Waals surface area (Å²) in [6, 6.07) is 7.95. The molecular formula is C15H15NO4S2. The predicted octanol–water partition coefficient (Wildman–Crippen LogP) is 3.13. The summed E-state index contributed by atoms with van der Waals surface area (Å²) < 4.78 is 27.2. The summed E-state index contributed by atoms with van der Waals surface area (Å²) in [6.07, 6.45) is 3.46. The van der Waals surface area contributed by atoms with Crippen LogP contribution in [0.3, 0.4) is 0 Å². The van der Waals surface area contributed by atoms with E-state index in [1.807, 2.05) is 0 Å². The molecule has 0 fully saturated rings. The summed E-state index contributed by atoms with van der Waals surface area (Å²) >= 11 is 1.24. The molecule has 0 unspecified atom stereocenters. The first-order valence-corrected chi connectivity index (χ1v) is 9.25. The number of hydrogen-bond donors (Lipinski definition) is 2. The molecule has 2 N–H and O–H groups in total. The Morgan fingerprint density at radius 1 is 1.14 bits per heavy atom. The van der Waals surface area contributed by atoms with Crippen molar-refractivity contribution in [2.24, 2.45) is 0 Å². The largest absolute Gasteiger partial charge is 0.478 e. The van der Waals surface area contributed by atoms with Gasteiger partial charge in [-0.1, -0.05) is 18.2 Å². The lowest BCUT2D eigenvalue weighted by Gasteiger charge is -2.11. The summed E-state index contributed by atoms with van der Waals surface area (Å²) in [5, 5.41) is 9.66. The fraction of sp³-hybridized carbons (Fsp3) is 0.267. The molecule has 3 rings (SSSR count). The van der Waals surface area contributed by atoms with E-state index in [9.17, 15) is 18.3 Å². The minimum Gasteiger partial charge on any atom is -0.478 e. The molecule has 0 atom stereocenters. The van der Waals surface area contributed by atoms with E-state index in [0.29, 0.717) is 6.42 Å². The highest BCUT2D eigenvalue weighted by molar-refractivity contribution is 7.93. The summed E-state index contributed by atoms with van der Waals surface area (Å²) in [7, 11) is -3.77. The van der Waals surface area contributed by atoms with E-state index in [4.69, 9.17) is 0 Å². The highest BCUT2D eigenvalue weighted by Crippen LogP contribution is 2.39. The van der Waals surface area contributed by atoms with Crippen LogP contribution in [0.25, 0.3) is 0 Å². The lowest BCUT2D eigenvalue weighted by atomic mass is 9.96. The number of benzene rings is 1. The van der Waals surface area contributed by atoms with Gasteiger partial charge in [0.1, 0.15) is 5.00 Å². The van der Waals surface area contributed by atoms with Crippen molar-refractivity contribution >= 4 is 32.3 Å². The fourth-order valence-electron chi connectivity index (χ4n) is 2.64. The smallest absolute Gasteiger partial charge is 0.339 e. The average molecular weight is 337 g/mol. The van der Waals surface area contributed by atoms with Crippen LogP contribution in [0.5, 0.6) is 0 Å². The van der Waals surface area contributed by atoms with Gasteiger partial charge in [-0.2, -0.15) is 0 Å². The quantitative estimate of drug-likeness (QED) is 0.898. The third kappa shape index (κ3) is 2.74. The second-order valence-electron chi connectivity index (χ2n) is 5.14. The number of anilines is 1. The first-order valence-electron chi connectivity index (χ1n) is 6.95. The number of thiophene rings is 1. The molecule has 1 aliphatic carbocycles. The maximum atomic E-state index is 12.4. The van der Waals surface area contributed by atoms with E-state index in [2.05, 4.69) is 4.72 Å². The van der Waals surface area contributed by atoms with Gasteiger partial charge in [0.2, 0.25) is 0 Å². The second-order valence-corrected chi connectivity index (χ2v) is 7.93. The van der Waals surface area contributed by atoms with Crippen molar-refractivity contribution in [3.8, 4) is 0 Å². The van der Waals surface area contributed by atoms with Crippen LogP contribution in [-0.2, 0) is 22.9 Å². The number of fused-ring (bicyclic) bond motifs is 1. The minimum atomic E-state index is -3.77. The normalized spacial score (nSPS) is 14.4. The highest BCUT2D eigenvalue weighted by Gasteiger charge is 2.27. The number of nitrogens with one attached hydrogen (secondary N) is 1. The molecular weight excluding hydrogens is 322 g/mol. The SMILES string of the molecule is O=C(O)c1c(NS(=O)(=O)c2ccccc2)sc2c1CCCC2. The van der Waals surface area contributed by atoms with Crippen LogP contribution in [0.4, 0.5) is 5.00 Å². The molecule has 5 nitrogen and oxygen atoms in total. The maximum Gasteiger partial charge on any atom is 0.339 e. The van der Waals surface area contributed by atoms with Crippen LogP contribution < -0.4 is 4.72 Å². The van der Waals surface area contributed by atoms with Gasteiger partial charge in [-0.25, -0.2) is 13.2 Å². The number of rotatable bonds is 4. The van der Waals surface area contributed by atoms with Gasteiger partial charge in [0.05, 0.1) is 10.5 Å². The van der Waals surface area contributed by atoms with E-state index >= 15 is 0 Å². The first kappa shape index (κ1) is 15.1. The molecule has 0 spiro atoms. The number of carbonyl (C=O) groups is 1. The van der Waals surface area contributed by atoms with E-state index in [1.54, 1.807) is 18.2 Å². The van der Waals surface area contributed by atoms with E-state index < -0.39 is 16.0 Å². The molecule has 1 aliphatic rings. The van der Waals surface area contributed by atoms with Gasteiger partial charge in [0.25, 0.3) is 10.0 Å². The Kier molecular flexibility index (Phi) is 3.92. The highest BCUT2D eigenvalue weighted by atomic mass is 32.2. The van der Waals surface area contributed by atoms with E-state index in [1.165, 1.54) is 23.5 Å². The Morgan fingerprint density at radius 3 is 2.50 bits per heavy atom. The van der Waals surface area contributed by atoms with Gasteiger partial charge < -0.3 is 5.11 Å². The number of carboxylic acids is 1. The van der Waals surface area contributed by atoms with Crippen molar-refractivity contribution in [3.05, 3.63) is 46.3 Å². The zero-order chi connectivity index (χ0) is 15.7. The van der Waals surface area contributed by atoms with Crippen molar-refractivity contribution in [1.29, 1.82) is 0 Å². The van der Waals surface area contributed by atoms with Gasteiger partial charge in [0, 0.05) is 4.88 Å². The monoisotopic (exact) mass is 337 g/mol. The van der Waals surface area contributed by atoms with Crippen LogP contribution in [0, 0.1) is 0 Å². The summed E-state index contributed by atoms with van der Waals surface area (Å²) in [6.45, 7) is 0. The molecule has 0 radical (unpaired) electrons. The average Bonchev–Trinajstić information content (AvgIpc) is 2.85. The molecule has 116 valence electrons. The van der Waals surface area contributed by atoms with Crippen molar-refractivity contribution in [2.75, 3.05) is 4.72 Å². The third-order valence-corrected chi connectivity index (χ3v) is 6.37. The van der Waals surface area contributed by atoms with E-state index in [-0.39, 0.29) is 15.5 Å². The second kappa shape index (κ2) is 5.73. The molecule has 0 saturated heterocycles. The zero-order valence-corrected chi connectivity index (χ0v) is 13.3. The lowest BCUT2D eigenvalue weighted by Crippen LogP contribution is -2.14. The van der Waals surface area contributed by atoms with Gasteiger partial charge >= 0.3 is 5.97 Å². The predicted molar refractivity (Wildman–Crippen MR) is 85.2 cm³/mol. The van der Waals surface area contributed by atoms with Crippen LogP contribution in [-0.4, -0.2) is 19.5 Å². The molecule has 0 saturated carbocycles. The van der Waals surface area contributed by atoms with Crippen molar-refractivity contribution in [3.63, 3.8) is 0 Å². The third-order valence-electron chi connectivity index (χ3n) is 3.67. The van der Waals surface area contributed by atoms with Gasteiger partial charge in [-0.3, -0.25) is 4.72 Å². The zero-order valence-electron chi connectivity index (χ0n) is 11.7. The van der Waals surface area contributed by atoms with Crippen LogP contribution in [0.15, 0.2) is 35.2 Å². The van der Waals surface area contributed by atoms with Crippen molar-refractivity contribution in [2.45, 2.75) is 30.6 Å². The topological polar surface area (TPSA) is 83.5 Å².